The molecule has 19 heavy (non-hydrogen) atoms. The smallest absolute Gasteiger partial charge is 0.227 e. The van der Waals surface area contributed by atoms with E-state index in [2.05, 4.69) is 43.9 Å². The molecule has 0 saturated carbocycles. The molecule has 1 amide bonds. The first-order chi connectivity index (χ1) is 9.09. The Hall–Kier alpha value is -1.31. The van der Waals surface area contributed by atoms with Gasteiger partial charge in [0.05, 0.1) is 0 Å². The Morgan fingerprint density at radius 2 is 1.89 bits per heavy atom. The van der Waals surface area contributed by atoms with Gasteiger partial charge >= 0.3 is 0 Å². The summed E-state index contributed by atoms with van der Waals surface area (Å²) in [4.78, 5) is 14.6. The molecule has 2 nitrogen and oxygen atoms in total. The van der Waals surface area contributed by atoms with E-state index in [0.29, 0.717) is 12.3 Å². The van der Waals surface area contributed by atoms with Gasteiger partial charge in [0, 0.05) is 17.6 Å². The maximum Gasteiger partial charge on any atom is 0.227 e. The standard InChI is InChI=1S/C17H25NO/c1-5-16(19)18-15-11-9-8-10-14(15)13(4)12-17(18,6-2)7-3/h8-11,13H,5-7,12H2,1-4H3. The lowest BCUT2D eigenvalue weighted by atomic mass is 9.75. The van der Waals surface area contributed by atoms with Gasteiger partial charge in [-0.1, -0.05) is 45.9 Å². The first-order valence-corrected chi connectivity index (χ1v) is 7.51. The monoisotopic (exact) mass is 259 g/mol. The van der Waals surface area contributed by atoms with Crippen molar-refractivity contribution in [3.05, 3.63) is 29.8 Å². The summed E-state index contributed by atoms with van der Waals surface area (Å²) in [5, 5.41) is 0. The highest BCUT2D eigenvalue weighted by Gasteiger charge is 2.43. The van der Waals surface area contributed by atoms with Crippen LogP contribution in [0.15, 0.2) is 24.3 Å². The molecule has 1 aromatic rings. The lowest BCUT2D eigenvalue weighted by molar-refractivity contribution is -0.119. The minimum atomic E-state index is 0.000856. The van der Waals surface area contributed by atoms with E-state index in [1.54, 1.807) is 0 Å². The molecule has 1 atom stereocenters. The Balaban J connectivity index is 2.59. The van der Waals surface area contributed by atoms with Gasteiger partial charge in [-0.15, -0.1) is 0 Å². The maximum atomic E-state index is 12.5. The third-order valence-electron chi connectivity index (χ3n) is 4.74. The zero-order chi connectivity index (χ0) is 14.0. The first kappa shape index (κ1) is 14.1. The summed E-state index contributed by atoms with van der Waals surface area (Å²) in [5.74, 6) is 0.778. The number of para-hydroxylation sites is 1. The highest BCUT2D eigenvalue weighted by atomic mass is 16.2. The zero-order valence-electron chi connectivity index (χ0n) is 12.6. The van der Waals surface area contributed by atoms with Gasteiger partial charge in [-0.25, -0.2) is 0 Å². The van der Waals surface area contributed by atoms with Crippen molar-refractivity contribution in [1.82, 2.24) is 0 Å². The van der Waals surface area contributed by atoms with Gasteiger partial charge in [-0.3, -0.25) is 4.79 Å². The Morgan fingerprint density at radius 1 is 1.26 bits per heavy atom. The van der Waals surface area contributed by atoms with Gasteiger partial charge in [-0.05, 0) is 36.8 Å². The minimum absolute atomic E-state index is 0.000856. The lowest BCUT2D eigenvalue weighted by Crippen LogP contribution is -2.54. The Labute approximate surface area is 116 Å². The molecule has 1 unspecified atom stereocenters. The summed E-state index contributed by atoms with van der Waals surface area (Å²) < 4.78 is 0. The van der Waals surface area contributed by atoms with Gasteiger partial charge < -0.3 is 4.90 Å². The molecule has 0 aliphatic carbocycles. The second-order valence-corrected chi connectivity index (χ2v) is 5.68. The third kappa shape index (κ3) is 2.18. The Morgan fingerprint density at radius 3 is 2.47 bits per heavy atom. The third-order valence-corrected chi connectivity index (χ3v) is 4.74. The molecular weight excluding hydrogens is 234 g/mol. The molecule has 1 aromatic carbocycles. The van der Waals surface area contributed by atoms with Crippen molar-refractivity contribution in [2.24, 2.45) is 0 Å². The summed E-state index contributed by atoms with van der Waals surface area (Å²) in [6.07, 6.45) is 3.69. The number of carbonyl (C=O) groups is 1. The highest BCUT2D eigenvalue weighted by Crippen LogP contribution is 2.46. The van der Waals surface area contributed by atoms with Crippen LogP contribution in [0.25, 0.3) is 0 Å². The average Bonchev–Trinajstić information content (AvgIpc) is 2.46. The molecule has 1 aliphatic rings. The van der Waals surface area contributed by atoms with E-state index in [4.69, 9.17) is 0 Å². The molecule has 0 saturated heterocycles. The maximum absolute atomic E-state index is 12.5. The van der Waals surface area contributed by atoms with Crippen LogP contribution in [0.2, 0.25) is 0 Å². The van der Waals surface area contributed by atoms with Crippen molar-refractivity contribution in [3.8, 4) is 0 Å². The van der Waals surface area contributed by atoms with Crippen molar-refractivity contribution in [3.63, 3.8) is 0 Å². The van der Waals surface area contributed by atoms with Crippen molar-refractivity contribution in [2.75, 3.05) is 4.90 Å². The van der Waals surface area contributed by atoms with Crippen molar-refractivity contribution >= 4 is 11.6 Å². The first-order valence-electron chi connectivity index (χ1n) is 7.51. The van der Waals surface area contributed by atoms with Gasteiger partial charge in [0.25, 0.3) is 0 Å². The molecule has 0 radical (unpaired) electrons. The van der Waals surface area contributed by atoms with Crippen LogP contribution in [0.1, 0.15) is 64.9 Å². The molecule has 2 rings (SSSR count). The molecule has 1 heterocycles. The number of nitrogens with zero attached hydrogens (tertiary/aromatic N) is 1. The summed E-state index contributed by atoms with van der Waals surface area (Å²) >= 11 is 0. The number of benzene rings is 1. The number of rotatable bonds is 3. The number of amides is 1. The molecule has 2 heteroatoms. The van der Waals surface area contributed by atoms with Crippen LogP contribution in [0, 0.1) is 0 Å². The van der Waals surface area contributed by atoms with Crippen LogP contribution in [0.5, 0.6) is 0 Å². The number of hydrogen-bond donors (Lipinski definition) is 0. The van der Waals surface area contributed by atoms with E-state index in [1.165, 1.54) is 5.56 Å². The molecule has 0 aromatic heterocycles. The SMILES string of the molecule is CCC(=O)N1c2ccccc2C(C)CC1(CC)CC. The number of fused-ring (bicyclic) bond motifs is 1. The molecule has 1 aliphatic heterocycles. The van der Waals surface area contributed by atoms with E-state index >= 15 is 0 Å². The zero-order valence-corrected chi connectivity index (χ0v) is 12.6. The fourth-order valence-electron chi connectivity index (χ4n) is 3.55. The van der Waals surface area contributed by atoms with Crippen LogP contribution < -0.4 is 4.90 Å². The predicted octanol–water partition coefficient (Wildman–Crippen LogP) is 4.50. The predicted molar refractivity (Wildman–Crippen MR) is 80.6 cm³/mol. The molecule has 0 N–H and O–H groups in total. The van der Waals surface area contributed by atoms with Crippen LogP contribution in [0.4, 0.5) is 5.69 Å². The lowest BCUT2D eigenvalue weighted by Gasteiger charge is -2.49. The molecular formula is C17H25NO. The highest BCUT2D eigenvalue weighted by molar-refractivity contribution is 5.96. The summed E-state index contributed by atoms with van der Waals surface area (Å²) in [5.41, 5.74) is 2.46. The van der Waals surface area contributed by atoms with Gasteiger partial charge in [-0.2, -0.15) is 0 Å². The fraction of sp³-hybridized carbons (Fsp3) is 0.588. The minimum Gasteiger partial charge on any atom is -0.306 e. The van der Waals surface area contributed by atoms with E-state index < -0.39 is 0 Å². The van der Waals surface area contributed by atoms with E-state index in [1.807, 2.05) is 13.0 Å². The van der Waals surface area contributed by atoms with E-state index in [-0.39, 0.29) is 11.4 Å². The van der Waals surface area contributed by atoms with Gasteiger partial charge in [0.2, 0.25) is 5.91 Å². The van der Waals surface area contributed by atoms with Crippen molar-refractivity contribution in [2.45, 2.75) is 64.8 Å². The van der Waals surface area contributed by atoms with E-state index in [0.717, 1.165) is 24.9 Å². The quantitative estimate of drug-likeness (QED) is 0.783. The fourth-order valence-corrected chi connectivity index (χ4v) is 3.55. The van der Waals surface area contributed by atoms with Crippen LogP contribution in [0.3, 0.4) is 0 Å². The normalized spacial score (nSPS) is 21.1. The van der Waals surface area contributed by atoms with Crippen LogP contribution >= 0.6 is 0 Å². The molecule has 0 spiro atoms. The van der Waals surface area contributed by atoms with Crippen LogP contribution in [-0.2, 0) is 4.79 Å². The Kier molecular flexibility index (Phi) is 3.98. The molecule has 0 fully saturated rings. The van der Waals surface area contributed by atoms with Gasteiger partial charge in [0.15, 0.2) is 0 Å². The van der Waals surface area contributed by atoms with Crippen LogP contribution in [-0.4, -0.2) is 11.4 Å². The van der Waals surface area contributed by atoms with E-state index in [9.17, 15) is 4.79 Å². The molecule has 104 valence electrons. The second-order valence-electron chi connectivity index (χ2n) is 5.68. The Bertz CT molecular complexity index is 462. The van der Waals surface area contributed by atoms with Crippen molar-refractivity contribution < 1.29 is 4.79 Å². The average molecular weight is 259 g/mol. The molecule has 0 bridgehead atoms. The van der Waals surface area contributed by atoms with Crippen molar-refractivity contribution in [1.29, 1.82) is 0 Å². The number of carbonyl (C=O) groups excluding carboxylic acids is 1. The summed E-state index contributed by atoms with van der Waals surface area (Å²) in [6.45, 7) is 8.66. The topological polar surface area (TPSA) is 20.3 Å². The number of anilines is 1. The number of hydrogen-bond acceptors (Lipinski definition) is 1. The summed E-state index contributed by atoms with van der Waals surface area (Å²) in [6, 6.07) is 8.40. The summed E-state index contributed by atoms with van der Waals surface area (Å²) in [7, 11) is 0. The largest absolute Gasteiger partial charge is 0.306 e. The second kappa shape index (κ2) is 5.36. The van der Waals surface area contributed by atoms with Gasteiger partial charge in [0.1, 0.15) is 0 Å².